The normalized spacial score (nSPS) is 17.1. The number of rotatable bonds is 8. The topological polar surface area (TPSA) is 61.8 Å². The van der Waals surface area contributed by atoms with Crippen LogP contribution in [0.25, 0.3) is 11.1 Å². The standard InChI is InChI=1S/C21H25ClN2O3.ClH/c22-18-7-5-16(6-8-18)20-4-2-1-3-17(20)13-19-14-23-9-10-24(19)11-12-27-15-21(25)26;/h1-8,19,23H,9-15H2,(H,25,26);1H. The predicted molar refractivity (Wildman–Crippen MR) is 115 cm³/mol. The van der Waals surface area contributed by atoms with Gasteiger partial charge in [-0.1, -0.05) is 48.0 Å². The number of carboxylic acid groups (broad SMARTS) is 1. The Kier molecular flexibility index (Phi) is 9.22. The SMILES string of the molecule is Cl.O=C(O)COCCN1CCNCC1Cc1ccccc1-c1ccc(Cl)cc1. The van der Waals surface area contributed by atoms with Crippen molar-refractivity contribution in [3.63, 3.8) is 0 Å². The molecule has 1 heterocycles. The van der Waals surface area contributed by atoms with Gasteiger partial charge in [-0.15, -0.1) is 12.4 Å². The Morgan fingerprint density at radius 3 is 2.71 bits per heavy atom. The van der Waals surface area contributed by atoms with E-state index in [1.54, 1.807) is 0 Å². The third kappa shape index (κ3) is 6.47. The number of halogens is 2. The van der Waals surface area contributed by atoms with Crippen LogP contribution in [0.5, 0.6) is 0 Å². The largest absolute Gasteiger partial charge is 0.480 e. The van der Waals surface area contributed by atoms with Crippen LogP contribution in [0, 0.1) is 0 Å². The van der Waals surface area contributed by atoms with E-state index < -0.39 is 5.97 Å². The Bertz CT molecular complexity index is 756. The summed E-state index contributed by atoms with van der Waals surface area (Å²) < 4.78 is 5.23. The second-order valence-corrected chi connectivity index (χ2v) is 7.14. The third-order valence-corrected chi connectivity index (χ3v) is 5.10. The lowest BCUT2D eigenvalue weighted by atomic mass is 9.94. The lowest BCUT2D eigenvalue weighted by Crippen LogP contribution is -2.53. The van der Waals surface area contributed by atoms with Gasteiger partial charge in [0.1, 0.15) is 6.61 Å². The highest BCUT2D eigenvalue weighted by Gasteiger charge is 2.23. The zero-order valence-corrected chi connectivity index (χ0v) is 17.2. The van der Waals surface area contributed by atoms with Crippen molar-refractivity contribution in [3.8, 4) is 11.1 Å². The van der Waals surface area contributed by atoms with Gasteiger partial charge in [-0.25, -0.2) is 4.79 Å². The molecular formula is C21H26Cl2N2O3. The van der Waals surface area contributed by atoms with Gasteiger partial charge in [0, 0.05) is 37.2 Å². The van der Waals surface area contributed by atoms with Crippen molar-refractivity contribution in [2.45, 2.75) is 12.5 Å². The van der Waals surface area contributed by atoms with Crippen LogP contribution in [0.1, 0.15) is 5.56 Å². The minimum absolute atomic E-state index is 0. The lowest BCUT2D eigenvalue weighted by molar-refractivity contribution is -0.142. The monoisotopic (exact) mass is 424 g/mol. The van der Waals surface area contributed by atoms with E-state index in [9.17, 15) is 4.79 Å². The summed E-state index contributed by atoms with van der Waals surface area (Å²) >= 11 is 6.03. The van der Waals surface area contributed by atoms with Gasteiger partial charge in [0.15, 0.2) is 0 Å². The smallest absolute Gasteiger partial charge is 0.329 e. The summed E-state index contributed by atoms with van der Waals surface area (Å²) in [5.41, 5.74) is 3.68. The average Bonchev–Trinajstić information content (AvgIpc) is 2.67. The summed E-state index contributed by atoms with van der Waals surface area (Å²) in [6.07, 6.45) is 0.921. The summed E-state index contributed by atoms with van der Waals surface area (Å²) in [5.74, 6) is -0.927. The molecule has 2 aromatic rings. The Morgan fingerprint density at radius 2 is 1.96 bits per heavy atom. The molecule has 28 heavy (non-hydrogen) atoms. The fourth-order valence-corrected chi connectivity index (χ4v) is 3.63. The molecule has 1 saturated heterocycles. The van der Waals surface area contributed by atoms with E-state index in [0.29, 0.717) is 12.6 Å². The highest BCUT2D eigenvalue weighted by Crippen LogP contribution is 2.27. The molecule has 0 spiro atoms. The maximum atomic E-state index is 10.6. The second kappa shape index (κ2) is 11.4. The first-order valence-corrected chi connectivity index (χ1v) is 9.59. The first-order chi connectivity index (χ1) is 13.1. The number of aliphatic carboxylic acids is 1. The van der Waals surface area contributed by atoms with E-state index in [1.165, 1.54) is 11.1 Å². The molecule has 1 aliphatic rings. The molecular weight excluding hydrogens is 399 g/mol. The van der Waals surface area contributed by atoms with Gasteiger partial charge in [-0.05, 0) is 35.2 Å². The number of nitrogens with zero attached hydrogens (tertiary/aromatic N) is 1. The van der Waals surface area contributed by atoms with E-state index in [0.717, 1.165) is 43.2 Å². The molecule has 0 amide bonds. The molecule has 1 atom stereocenters. The number of hydrogen-bond acceptors (Lipinski definition) is 4. The zero-order chi connectivity index (χ0) is 19.1. The van der Waals surface area contributed by atoms with Gasteiger partial charge >= 0.3 is 5.97 Å². The van der Waals surface area contributed by atoms with Crippen molar-refractivity contribution >= 4 is 30.0 Å². The molecule has 0 saturated carbocycles. The number of nitrogens with one attached hydrogen (secondary N) is 1. The van der Waals surface area contributed by atoms with Crippen LogP contribution in [0.2, 0.25) is 5.02 Å². The highest BCUT2D eigenvalue weighted by atomic mass is 35.5. The Balaban J connectivity index is 0.00000280. The minimum Gasteiger partial charge on any atom is -0.480 e. The Labute approximate surface area is 177 Å². The zero-order valence-electron chi connectivity index (χ0n) is 15.6. The van der Waals surface area contributed by atoms with Crippen LogP contribution >= 0.6 is 24.0 Å². The highest BCUT2D eigenvalue weighted by molar-refractivity contribution is 6.30. The molecule has 7 heteroatoms. The summed E-state index contributed by atoms with van der Waals surface area (Å²) in [7, 11) is 0. The molecule has 0 aromatic heterocycles. The molecule has 0 aliphatic carbocycles. The summed E-state index contributed by atoms with van der Waals surface area (Å²) in [4.78, 5) is 13.0. The molecule has 5 nitrogen and oxygen atoms in total. The molecule has 0 radical (unpaired) electrons. The van der Waals surface area contributed by atoms with E-state index >= 15 is 0 Å². The van der Waals surface area contributed by atoms with E-state index in [-0.39, 0.29) is 19.0 Å². The van der Waals surface area contributed by atoms with Crippen LogP contribution in [0.15, 0.2) is 48.5 Å². The Hall–Kier alpha value is -1.63. The fourth-order valence-electron chi connectivity index (χ4n) is 3.50. The molecule has 1 unspecified atom stereocenters. The summed E-state index contributed by atoms with van der Waals surface area (Å²) in [5, 5.41) is 12.9. The quantitative estimate of drug-likeness (QED) is 0.636. The predicted octanol–water partition coefficient (Wildman–Crippen LogP) is 3.35. The van der Waals surface area contributed by atoms with Gasteiger partial charge < -0.3 is 15.2 Å². The van der Waals surface area contributed by atoms with Gasteiger partial charge in [0.25, 0.3) is 0 Å². The van der Waals surface area contributed by atoms with E-state index in [2.05, 4.69) is 46.6 Å². The van der Waals surface area contributed by atoms with Gasteiger partial charge in [0.2, 0.25) is 0 Å². The maximum Gasteiger partial charge on any atom is 0.329 e. The number of ether oxygens (including phenoxy) is 1. The third-order valence-electron chi connectivity index (χ3n) is 4.85. The second-order valence-electron chi connectivity index (χ2n) is 6.71. The minimum atomic E-state index is -0.927. The van der Waals surface area contributed by atoms with Gasteiger partial charge in [-0.3, -0.25) is 4.90 Å². The van der Waals surface area contributed by atoms with Crippen molar-refractivity contribution < 1.29 is 14.6 Å². The van der Waals surface area contributed by atoms with Crippen molar-refractivity contribution in [2.24, 2.45) is 0 Å². The molecule has 2 aromatic carbocycles. The van der Waals surface area contributed by atoms with Crippen molar-refractivity contribution in [3.05, 3.63) is 59.1 Å². The van der Waals surface area contributed by atoms with Crippen LogP contribution in [0.3, 0.4) is 0 Å². The first kappa shape index (κ1) is 22.7. The van der Waals surface area contributed by atoms with Crippen LogP contribution in [-0.4, -0.2) is 61.4 Å². The van der Waals surface area contributed by atoms with E-state index in [1.807, 2.05) is 12.1 Å². The van der Waals surface area contributed by atoms with Crippen molar-refractivity contribution in [2.75, 3.05) is 39.4 Å². The molecule has 152 valence electrons. The number of piperazine rings is 1. The van der Waals surface area contributed by atoms with Gasteiger partial charge in [0.05, 0.1) is 6.61 Å². The van der Waals surface area contributed by atoms with Crippen molar-refractivity contribution in [1.82, 2.24) is 10.2 Å². The van der Waals surface area contributed by atoms with E-state index in [4.69, 9.17) is 21.4 Å². The van der Waals surface area contributed by atoms with Crippen LogP contribution in [0.4, 0.5) is 0 Å². The fraction of sp³-hybridized carbons (Fsp3) is 0.381. The molecule has 1 fully saturated rings. The molecule has 2 N–H and O–H groups in total. The molecule has 0 bridgehead atoms. The van der Waals surface area contributed by atoms with Crippen molar-refractivity contribution in [1.29, 1.82) is 0 Å². The number of hydrogen-bond donors (Lipinski definition) is 2. The van der Waals surface area contributed by atoms with Crippen LogP contribution in [-0.2, 0) is 16.0 Å². The van der Waals surface area contributed by atoms with Crippen LogP contribution < -0.4 is 5.32 Å². The lowest BCUT2D eigenvalue weighted by Gasteiger charge is -2.36. The average molecular weight is 425 g/mol. The molecule has 1 aliphatic heterocycles. The summed E-state index contributed by atoms with van der Waals surface area (Å²) in [6, 6.07) is 16.8. The number of carboxylic acids is 1. The molecule has 3 rings (SSSR count). The number of benzene rings is 2. The Morgan fingerprint density at radius 1 is 1.21 bits per heavy atom. The number of carbonyl (C=O) groups is 1. The van der Waals surface area contributed by atoms with Gasteiger partial charge in [-0.2, -0.15) is 0 Å². The maximum absolute atomic E-state index is 10.6. The first-order valence-electron chi connectivity index (χ1n) is 9.21. The summed E-state index contributed by atoms with van der Waals surface area (Å²) in [6.45, 7) is 3.72.